The molecule has 0 radical (unpaired) electrons. The van der Waals surface area contributed by atoms with E-state index < -0.39 is 17.2 Å². The SMILES string of the molecule is C=O.CCN(CC)Cc1cc(C(F)(F)F)cc(C2(C(=O)Nc3ccc(-c4cnc(Nc5cccc(C)c5)nc4NCCCNC)cc3)CC2)c1. The van der Waals surface area contributed by atoms with E-state index in [-0.39, 0.29) is 5.91 Å². The molecule has 0 unspecified atom stereocenters. The summed E-state index contributed by atoms with van der Waals surface area (Å²) in [6.45, 7) is 11.4. The highest BCUT2D eigenvalue weighted by molar-refractivity contribution is 6.01. The number of nitrogens with one attached hydrogen (secondary N) is 4. The molecule has 50 heavy (non-hydrogen) atoms. The van der Waals surface area contributed by atoms with E-state index in [2.05, 4.69) is 31.2 Å². The van der Waals surface area contributed by atoms with E-state index in [0.29, 0.717) is 54.5 Å². The molecule has 1 aromatic heterocycles. The molecule has 1 saturated carbocycles. The number of halogens is 3. The summed E-state index contributed by atoms with van der Waals surface area (Å²) in [5, 5.41) is 12.8. The van der Waals surface area contributed by atoms with Gasteiger partial charge >= 0.3 is 6.18 Å². The first-order valence-electron chi connectivity index (χ1n) is 16.8. The number of hydrogen-bond donors (Lipinski definition) is 4. The Balaban J connectivity index is 0.00000276. The molecule has 266 valence electrons. The van der Waals surface area contributed by atoms with Crippen molar-refractivity contribution in [1.29, 1.82) is 0 Å². The monoisotopic (exact) mass is 689 g/mol. The second-order valence-corrected chi connectivity index (χ2v) is 12.3. The van der Waals surface area contributed by atoms with E-state index in [1.165, 1.54) is 6.07 Å². The van der Waals surface area contributed by atoms with Gasteiger partial charge in [0.1, 0.15) is 12.6 Å². The van der Waals surface area contributed by atoms with Crippen molar-refractivity contribution in [2.75, 3.05) is 49.2 Å². The van der Waals surface area contributed by atoms with Crippen LogP contribution in [-0.4, -0.2) is 60.8 Å². The van der Waals surface area contributed by atoms with Crippen molar-refractivity contribution in [2.45, 2.75) is 58.2 Å². The molecule has 1 aliphatic carbocycles. The minimum atomic E-state index is -4.50. The van der Waals surface area contributed by atoms with Crippen LogP contribution in [0.4, 0.5) is 36.3 Å². The maximum absolute atomic E-state index is 13.9. The third kappa shape index (κ3) is 9.66. The average molecular weight is 690 g/mol. The molecular formula is C38H46F3N7O2. The number of carbonyl (C=O) groups excluding carboxylic acids is 2. The van der Waals surface area contributed by atoms with Crippen LogP contribution in [0.3, 0.4) is 0 Å². The third-order valence-electron chi connectivity index (χ3n) is 8.77. The number of aryl methyl sites for hydroxylation is 1. The maximum atomic E-state index is 13.9. The number of hydrogen-bond acceptors (Lipinski definition) is 8. The van der Waals surface area contributed by atoms with Gasteiger partial charge in [0.05, 0.1) is 11.0 Å². The highest BCUT2D eigenvalue weighted by atomic mass is 19.4. The van der Waals surface area contributed by atoms with Gasteiger partial charge in [0.25, 0.3) is 0 Å². The lowest BCUT2D eigenvalue weighted by molar-refractivity contribution is -0.137. The Kier molecular flexibility index (Phi) is 13.1. The van der Waals surface area contributed by atoms with E-state index in [0.717, 1.165) is 54.5 Å². The summed E-state index contributed by atoms with van der Waals surface area (Å²) in [6, 6.07) is 19.4. The highest BCUT2D eigenvalue weighted by Crippen LogP contribution is 2.50. The number of rotatable bonds is 15. The minimum absolute atomic E-state index is 0.301. The topological polar surface area (TPSA) is 111 Å². The molecule has 1 heterocycles. The largest absolute Gasteiger partial charge is 0.416 e. The van der Waals surface area contributed by atoms with Gasteiger partial charge in [0.2, 0.25) is 11.9 Å². The Labute approximate surface area is 292 Å². The summed E-state index contributed by atoms with van der Waals surface area (Å²) < 4.78 is 41.7. The van der Waals surface area contributed by atoms with Crippen molar-refractivity contribution in [3.8, 4) is 11.1 Å². The number of aromatic nitrogens is 2. The Hall–Kier alpha value is -4.81. The van der Waals surface area contributed by atoms with Crippen LogP contribution in [-0.2, 0) is 27.7 Å². The molecule has 1 aliphatic rings. The van der Waals surface area contributed by atoms with Crippen molar-refractivity contribution in [1.82, 2.24) is 20.2 Å². The van der Waals surface area contributed by atoms with Crippen molar-refractivity contribution < 1.29 is 22.8 Å². The molecule has 0 spiro atoms. The van der Waals surface area contributed by atoms with E-state index in [1.54, 1.807) is 24.4 Å². The standard InChI is InChI=1S/C37H44F3N7O.CH2O/c1-5-47(6-2)24-26-20-28(22-29(21-26)37(38,39)40)36(15-16-36)34(48)44-30-13-11-27(12-14-30)32-23-43-35(45-31-10-7-9-25(3)19-31)46-33(32)42-18-8-17-41-4;1-2/h7,9-14,19-23,41H,5-6,8,15-18,24H2,1-4H3,(H,44,48)(H2,42,43,45,46);1H2. The van der Waals surface area contributed by atoms with Crippen molar-refractivity contribution in [2.24, 2.45) is 0 Å². The number of carbonyl (C=O) groups is 2. The van der Waals surface area contributed by atoms with E-state index in [9.17, 15) is 18.0 Å². The Morgan fingerprint density at radius 3 is 2.30 bits per heavy atom. The van der Waals surface area contributed by atoms with Crippen LogP contribution in [0.1, 0.15) is 55.4 Å². The zero-order chi connectivity index (χ0) is 36.3. The fourth-order valence-corrected chi connectivity index (χ4v) is 5.80. The molecular weight excluding hydrogens is 643 g/mol. The summed E-state index contributed by atoms with van der Waals surface area (Å²) >= 11 is 0. The summed E-state index contributed by atoms with van der Waals surface area (Å²) in [5.74, 6) is 0.842. The van der Waals surface area contributed by atoms with Gasteiger partial charge in [0, 0.05) is 36.2 Å². The molecule has 4 aromatic rings. The normalized spacial score (nSPS) is 13.3. The lowest BCUT2D eigenvalue weighted by Crippen LogP contribution is -2.29. The predicted octanol–water partition coefficient (Wildman–Crippen LogP) is 7.56. The van der Waals surface area contributed by atoms with Crippen molar-refractivity contribution in [3.63, 3.8) is 0 Å². The average Bonchev–Trinajstić information content (AvgIpc) is 3.93. The van der Waals surface area contributed by atoms with Crippen LogP contribution in [0.25, 0.3) is 11.1 Å². The second kappa shape index (κ2) is 17.2. The van der Waals surface area contributed by atoms with Crippen LogP contribution in [0.5, 0.6) is 0 Å². The number of anilines is 4. The summed E-state index contributed by atoms with van der Waals surface area (Å²) in [4.78, 5) is 33.0. The molecule has 0 aliphatic heterocycles. The maximum Gasteiger partial charge on any atom is 0.416 e. The lowest BCUT2D eigenvalue weighted by atomic mass is 9.91. The number of nitrogens with zero attached hydrogens (tertiary/aromatic N) is 3. The van der Waals surface area contributed by atoms with E-state index in [4.69, 9.17) is 9.78 Å². The Bertz CT molecular complexity index is 1720. The van der Waals surface area contributed by atoms with Gasteiger partial charge in [-0.15, -0.1) is 0 Å². The summed E-state index contributed by atoms with van der Waals surface area (Å²) in [7, 11) is 1.91. The number of amides is 1. The number of benzene rings is 3. The molecule has 12 heteroatoms. The van der Waals surface area contributed by atoms with Crippen LogP contribution < -0.4 is 21.3 Å². The first-order valence-corrected chi connectivity index (χ1v) is 16.8. The molecule has 1 amide bonds. The fraction of sp³-hybridized carbons (Fsp3) is 0.368. The molecule has 1 fully saturated rings. The molecule has 5 rings (SSSR count). The van der Waals surface area contributed by atoms with Crippen molar-refractivity contribution >= 4 is 35.8 Å². The van der Waals surface area contributed by atoms with Gasteiger partial charge < -0.3 is 26.1 Å². The fourth-order valence-electron chi connectivity index (χ4n) is 5.80. The van der Waals surface area contributed by atoms with Crippen molar-refractivity contribution in [3.05, 3.63) is 95.2 Å². The van der Waals surface area contributed by atoms with Gasteiger partial charge in [-0.25, -0.2) is 4.98 Å². The van der Waals surface area contributed by atoms with E-state index >= 15 is 0 Å². The lowest BCUT2D eigenvalue weighted by Gasteiger charge is -2.22. The molecule has 0 saturated heterocycles. The summed E-state index contributed by atoms with van der Waals surface area (Å²) in [5.41, 5.74) is 3.50. The molecule has 0 atom stereocenters. The highest BCUT2D eigenvalue weighted by Gasteiger charge is 2.52. The zero-order valence-corrected chi connectivity index (χ0v) is 29.1. The first-order chi connectivity index (χ1) is 24.0. The predicted molar refractivity (Wildman–Crippen MR) is 194 cm³/mol. The van der Waals surface area contributed by atoms with Gasteiger partial charge in [0.15, 0.2) is 0 Å². The zero-order valence-electron chi connectivity index (χ0n) is 29.1. The molecule has 3 aromatic carbocycles. The molecule has 9 nitrogen and oxygen atoms in total. The van der Waals surface area contributed by atoms with Gasteiger partial charge in [-0.3, -0.25) is 9.69 Å². The van der Waals surface area contributed by atoms with Crippen LogP contribution in [0, 0.1) is 6.92 Å². The molecule has 4 N–H and O–H groups in total. The third-order valence-corrected chi connectivity index (χ3v) is 8.77. The number of alkyl halides is 3. The minimum Gasteiger partial charge on any atom is -0.369 e. The Morgan fingerprint density at radius 2 is 1.68 bits per heavy atom. The van der Waals surface area contributed by atoms with E-state index in [1.807, 2.05) is 71.0 Å². The quantitative estimate of drug-likeness (QED) is 0.0947. The van der Waals surface area contributed by atoms with Gasteiger partial charge in [-0.2, -0.15) is 18.2 Å². The van der Waals surface area contributed by atoms with Crippen LogP contribution in [0.2, 0.25) is 0 Å². The Morgan fingerprint density at radius 1 is 0.960 bits per heavy atom. The van der Waals surface area contributed by atoms with Gasteiger partial charge in [-0.05, 0) is 112 Å². The second-order valence-electron chi connectivity index (χ2n) is 12.3. The molecule has 0 bridgehead atoms. The smallest absolute Gasteiger partial charge is 0.369 e. The summed E-state index contributed by atoms with van der Waals surface area (Å²) in [6.07, 6.45) is -0.856. The van der Waals surface area contributed by atoms with Crippen LogP contribution in [0.15, 0.2) is 72.9 Å². The van der Waals surface area contributed by atoms with Crippen LogP contribution >= 0.6 is 0 Å². The van der Waals surface area contributed by atoms with Gasteiger partial charge in [-0.1, -0.05) is 44.2 Å². The first kappa shape index (κ1) is 38.0.